The summed E-state index contributed by atoms with van der Waals surface area (Å²) in [6, 6.07) is 12.0. The summed E-state index contributed by atoms with van der Waals surface area (Å²) in [5, 5.41) is 14.1. The van der Waals surface area contributed by atoms with E-state index < -0.39 is 23.1 Å². The highest BCUT2D eigenvalue weighted by Gasteiger charge is 2.39. The Hall–Kier alpha value is -4.73. The number of nitrogens with one attached hydrogen (secondary N) is 1. The Morgan fingerprint density at radius 1 is 1.14 bits per heavy atom. The van der Waals surface area contributed by atoms with Gasteiger partial charge in [0.2, 0.25) is 5.91 Å². The highest BCUT2D eigenvalue weighted by atomic mass is 19.1. The molecular formula is C32H31F2N5O3. The minimum Gasteiger partial charge on any atom is -0.507 e. The van der Waals surface area contributed by atoms with E-state index in [0.717, 1.165) is 11.6 Å². The summed E-state index contributed by atoms with van der Waals surface area (Å²) in [5.41, 5.74) is 1.20. The van der Waals surface area contributed by atoms with Gasteiger partial charge in [-0.05, 0) is 48.7 Å². The van der Waals surface area contributed by atoms with Crippen LogP contribution in [0.25, 0.3) is 28.0 Å². The number of anilines is 2. The van der Waals surface area contributed by atoms with Crippen LogP contribution in [0.4, 0.5) is 20.2 Å². The van der Waals surface area contributed by atoms with E-state index >= 15 is 4.39 Å². The maximum Gasteiger partial charge on any atom is 0.282 e. The Balaban J connectivity index is 1.68. The molecule has 216 valence electrons. The number of phenols is 1. The monoisotopic (exact) mass is 571 g/mol. The van der Waals surface area contributed by atoms with Gasteiger partial charge in [-0.15, -0.1) is 0 Å². The second-order valence-corrected chi connectivity index (χ2v) is 11.1. The average molecular weight is 572 g/mol. The van der Waals surface area contributed by atoms with Crippen LogP contribution in [0.1, 0.15) is 32.3 Å². The van der Waals surface area contributed by atoms with Crippen LogP contribution in [-0.4, -0.2) is 57.2 Å². The molecule has 10 heteroatoms. The van der Waals surface area contributed by atoms with Gasteiger partial charge in [-0.2, -0.15) is 0 Å². The van der Waals surface area contributed by atoms with E-state index in [-0.39, 0.29) is 40.7 Å². The van der Waals surface area contributed by atoms with Crippen molar-refractivity contribution in [2.45, 2.75) is 38.8 Å². The van der Waals surface area contributed by atoms with Crippen molar-refractivity contribution in [2.75, 3.05) is 29.9 Å². The largest absolute Gasteiger partial charge is 0.507 e. The Morgan fingerprint density at radius 3 is 2.62 bits per heavy atom. The maximum absolute atomic E-state index is 16.0. The molecule has 8 nitrogen and oxygen atoms in total. The lowest BCUT2D eigenvalue weighted by molar-refractivity contribution is -0.128. The van der Waals surface area contributed by atoms with Crippen LogP contribution in [0.3, 0.4) is 0 Å². The minimum absolute atomic E-state index is 0.0448. The first-order valence-corrected chi connectivity index (χ1v) is 13.9. The lowest BCUT2D eigenvalue weighted by Crippen LogP contribution is -2.62. The van der Waals surface area contributed by atoms with Gasteiger partial charge in [0.25, 0.3) is 5.56 Å². The van der Waals surface area contributed by atoms with E-state index in [0.29, 0.717) is 42.1 Å². The van der Waals surface area contributed by atoms with Crippen LogP contribution >= 0.6 is 0 Å². The average Bonchev–Trinajstić information content (AvgIpc) is 2.97. The molecule has 2 aromatic carbocycles. The highest BCUT2D eigenvalue weighted by Crippen LogP contribution is 2.41. The number of nitrogens with zero attached hydrogens (tertiary/aromatic N) is 4. The van der Waals surface area contributed by atoms with Gasteiger partial charge in [0.05, 0.1) is 23.0 Å². The number of piperazine rings is 1. The van der Waals surface area contributed by atoms with Gasteiger partial charge in [-0.25, -0.2) is 13.8 Å². The minimum atomic E-state index is -0.844. The third-order valence-electron chi connectivity index (χ3n) is 8.21. The third kappa shape index (κ3) is 4.20. The Labute approximate surface area is 241 Å². The van der Waals surface area contributed by atoms with Gasteiger partial charge >= 0.3 is 0 Å². The topological polar surface area (TPSA) is 90.7 Å². The van der Waals surface area contributed by atoms with E-state index in [9.17, 15) is 19.1 Å². The molecule has 1 saturated heterocycles. The summed E-state index contributed by atoms with van der Waals surface area (Å²) in [5.74, 6) is -2.28. The van der Waals surface area contributed by atoms with Crippen molar-refractivity contribution < 1.29 is 18.7 Å². The first-order chi connectivity index (χ1) is 20.1. The smallest absolute Gasteiger partial charge is 0.282 e. The molecule has 4 heterocycles. The number of pyridine rings is 2. The number of carbonyl (C=O) groups excluding carboxylic acids is 1. The lowest BCUT2D eigenvalue weighted by atomic mass is 9.98. The van der Waals surface area contributed by atoms with E-state index in [1.165, 1.54) is 28.8 Å². The summed E-state index contributed by atoms with van der Waals surface area (Å²) in [6.45, 7) is 10.7. The molecule has 2 aromatic heterocycles. The van der Waals surface area contributed by atoms with E-state index in [1.54, 1.807) is 11.0 Å². The van der Waals surface area contributed by atoms with E-state index in [1.807, 2.05) is 43.9 Å². The SMILES string of the molecule is C=CC(=O)N1C[C@@H]2CNc3c(c4cc(F)c(-c5c(O)cccc5F)nc4n(-c4ccccc4C(C)C)c3=O)N2C[C@H]1C. The zero-order chi connectivity index (χ0) is 29.9. The molecular weight excluding hydrogens is 540 g/mol. The summed E-state index contributed by atoms with van der Waals surface area (Å²) in [6.07, 6.45) is 1.29. The van der Waals surface area contributed by atoms with Gasteiger partial charge < -0.3 is 20.2 Å². The number of hydrogen-bond acceptors (Lipinski definition) is 6. The van der Waals surface area contributed by atoms with Crippen LogP contribution in [0.2, 0.25) is 0 Å². The van der Waals surface area contributed by atoms with Crippen molar-refractivity contribution in [3.05, 3.63) is 88.7 Å². The molecule has 0 radical (unpaired) electrons. The Morgan fingerprint density at radius 2 is 1.90 bits per heavy atom. The van der Waals surface area contributed by atoms with Crippen molar-refractivity contribution in [1.82, 2.24) is 14.5 Å². The van der Waals surface area contributed by atoms with Crippen molar-refractivity contribution in [3.63, 3.8) is 0 Å². The summed E-state index contributed by atoms with van der Waals surface area (Å²) >= 11 is 0. The molecule has 0 bridgehead atoms. The third-order valence-corrected chi connectivity index (χ3v) is 8.21. The van der Waals surface area contributed by atoms with Crippen molar-refractivity contribution in [2.24, 2.45) is 0 Å². The summed E-state index contributed by atoms with van der Waals surface area (Å²) < 4.78 is 32.4. The molecule has 42 heavy (non-hydrogen) atoms. The Bertz CT molecular complexity index is 1800. The molecule has 0 saturated carbocycles. The molecule has 0 spiro atoms. The predicted molar refractivity (Wildman–Crippen MR) is 159 cm³/mol. The molecule has 2 aliphatic heterocycles. The summed E-state index contributed by atoms with van der Waals surface area (Å²) in [7, 11) is 0. The number of phenolic OH excluding ortho intramolecular Hbond substituents is 1. The number of halogens is 2. The van der Waals surface area contributed by atoms with Crippen molar-refractivity contribution >= 4 is 28.3 Å². The number of hydrogen-bond donors (Lipinski definition) is 2. The fraction of sp³-hybridized carbons (Fsp3) is 0.281. The number of aromatic hydroxyl groups is 1. The quantitative estimate of drug-likeness (QED) is 0.328. The molecule has 4 aromatic rings. The second kappa shape index (κ2) is 10.3. The number of amides is 1. The van der Waals surface area contributed by atoms with Crippen LogP contribution < -0.4 is 15.8 Å². The number of carbonyl (C=O) groups is 1. The van der Waals surface area contributed by atoms with Gasteiger partial charge in [-0.1, -0.05) is 44.7 Å². The van der Waals surface area contributed by atoms with Gasteiger partial charge in [0.1, 0.15) is 22.9 Å². The normalized spacial score (nSPS) is 18.0. The zero-order valence-corrected chi connectivity index (χ0v) is 23.6. The fourth-order valence-corrected chi connectivity index (χ4v) is 6.18. The number of para-hydroxylation sites is 1. The molecule has 2 atom stereocenters. The number of benzene rings is 2. The standard InChI is InChI=1S/C32H31F2N5O3/c1-5-26(41)37-16-19-14-35-29-30(38(19)15-18(37)4)21-13-23(34)28(27-22(33)10-8-12-25(27)40)36-31(21)39(32(29)42)24-11-7-6-9-20(24)17(2)3/h5-13,17-19,35,40H,1,14-16H2,2-4H3/t18-,19+/m1/s1. The van der Waals surface area contributed by atoms with E-state index in [4.69, 9.17) is 0 Å². The van der Waals surface area contributed by atoms with E-state index in [2.05, 4.69) is 16.9 Å². The number of fused-ring (bicyclic) bond motifs is 5. The van der Waals surface area contributed by atoms with Gasteiger partial charge in [0.15, 0.2) is 11.5 Å². The highest BCUT2D eigenvalue weighted by molar-refractivity contribution is 6.00. The second-order valence-electron chi connectivity index (χ2n) is 11.1. The van der Waals surface area contributed by atoms with Gasteiger partial charge in [-0.3, -0.25) is 14.2 Å². The van der Waals surface area contributed by atoms with Crippen LogP contribution in [0.15, 0.2) is 66.0 Å². The molecule has 2 N–H and O–H groups in total. The molecule has 2 aliphatic rings. The first kappa shape index (κ1) is 27.4. The van der Waals surface area contributed by atoms with Gasteiger partial charge in [0, 0.05) is 31.1 Å². The predicted octanol–water partition coefficient (Wildman–Crippen LogP) is 5.18. The molecule has 1 amide bonds. The van der Waals surface area contributed by atoms with Crippen LogP contribution in [0.5, 0.6) is 5.75 Å². The Kier molecular flexibility index (Phi) is 6.71. The van der Waals surface area contributed by atoms with Crippen molar-refractivity contribution in [3.8, 4) is 22.7 Å². The fourth-order valence-electron chi connectivity index (χ4n) is 6.18. The number of aromatic nitrogens is 2. The zero-order valence-electron chi connectivity index (χ0n) is 23.6. The summed E-state index contributed by atoms with van der Waals surface area (Å²) in [4.78, 5) is 35.3. The molecule has 0 unspecified atom stereocenters. The van der Waals surface area contributed by atoms with Crippen molar-refractivity contribution in [1.29, 1.82) is 0 Å². The van der Waals surface area contributed by atoms with Crippen LogP contribution in [-0.2, 0) is 4.79 Å². The first-order valence-electron chi connectivity index (χ1n) is 13.9. The lowest BCUT2D eigenvalue weighted by Gasteiger charge is -2.49. The van der Waals surface area contributed by atoms with Crippen LogP contribution in [0, 0.1) is 11.6 Å². The molecule has 6 rings (SSSR count). The molecule has 0 aliphatic carbocycles. The maximum atomic E-state index is 16.0. The molecule has 1 fully saturated rings. The number of rotatable bonds is 4.